The van der Waals surface area contributed by atoms with Gasteiger partial charge < -0.3 is 4.74 Å². The van der Waals surface area contributed by atoms with Gasteiger partial charge >= 0.3 is 0 Å². The summed E-state index contributed by atoms with van der Waals surface area (Å²) < 4.78 is 33.7. The van der Waals surface area contributed by atoms with Crippen LogP contribution in [0.3, 0.4) is 0 Å². The van der Waals surface area contributed by atoms with Gasteiger partial charge in [0.1, 0.15) is 5.75 Å². The molecular weight excluding hydrogens is 384 g/mol. The first-order valence-electron chi connectivity index (χ1n) is 9.94. The van der Waals surface area contributed by atoms with Gasteiger partial charge in [0.15, 0.2) is 0 Å². The topological polar surface area (TPSA) is 58.6 Å². The maximum Gasteiger partial charge on any atom is 0.240 e. The van der Waals surface area contributed by atoms with Crippen molar-refractivity contribution in [2.45, 2.75) is 23.8 Å². The molecule has 1 fully saturated rings. The van der Waals surface area contributed by atoms with Crippen LogP contribution < -0.4 is 9.46 Å². The van der Waals surface area contributed by atoms with Crippen LogP contribution in [-0.4, -0.2) is 40.1 Å². The fourth-order valence-electron chi connectivity index (χ4n) is 4.06. The molecule has 29 heavy (non-hydrogen) atoms. The van der Waals surface area contributed by atoms with Crippen LogP contribution in [0.15, 0.2) is 71.6 Å². The van der Waals surface area contributed by atoms with E-state index in [1.807, 2.05) is 12.1 Å². The van der Waals surface area contributed by atoms with Gasteiger partial charge in [0, 0.05) is 12.6 Å². The number of hydrogen-bond acceptors (Lipinski definition) is 4. The van der Waals surface area contributed by atoms with Crippen molar-refractivity contribution in [2.75, 3.05) is 26.7 Å². The zero-order valence-corrected chi connectivity index (χ0v) is 17.4. The number of likely N-dealkylation sites (tertiary alicyclic amines) is 1. The Kier molecular flexibility index (Phi) is 5.85. The Balaban J connectivity index is 1.62. The first-order chi connectivity index (χ1) is 14.1. The second-order valence-corrected chi connectivity index (χ2v) is 9.12. The average Bonchev–Trinajstić information content (AvgIpc) is 3.28. The largest absolute Gasteiger partial charge is 0.497 e. The molecule has 1 heterocycles. The second kappa shape index (κ2) is 8.53. The van der Waals surface area contributed by atoms with E-state index >= 15 is 0 Å². The summed E-state index contributed by atoms with van der Waals surface area (Å²) in [5, 5.41) is 2.35. The average molecular weight is 411 g/mol. The summed E-state index contributed by atoms with van der Waals surface area (Å²) in [6, 6.07) is 21.0. The lowest BCUT2D eigenvalue weighted by molar-refractivity contribution is 0.248. The Morgan fingerprint density at radius 3 is 2.38 bits per heavy atom. The fourth-order valence-corrected chi connectivity index (χ4v) is 5.10. The number of ether oxygens (including phenoxy) is 1. The SMILES string of the molecule is COc1ccc(S(=O)(=O)NC[C@H](c2cccc3ccccc23)N2CCCC2)cc1. The normalized spacial score (nSPS) is 16.2. The molecule has 1 N–H and O–H groups in total. The molecule has 1 saturated heterocycles. The molecule has 0 radical (unpaired) electrons. The highest BCUT2D eigenvalue weighted by Gasteiger charge is 2.26. The molecule has 1 atom stereocenters. The maximum absolute atomic E-state index is 12.9. The number of nitrogens with one attached hydrogen (secondary N) is 1. The van der Waals surface area contributed by atoms with Crippen LogP contribution in [0.2, 0.25) is 0 Å². The lowest BCUT2D eigenvalue weighted by Gasteiger charge is -2.29. The molecule has 5 nitrogen and oxygen atoms in total. The smallest absolute Gasteiger partial charge is 0.240 e. The molecule has 0 aromatic heterocycles. The minimum absolute atomic E-state index is 0.00313. The van der Waals surface area contributed by atoms with Crippen molar-refractivity contribution in [3.05, 3.63) is 72.3 Å². The van der Waals surface area contributed by atoms with Crippen molar-refractivity contribution >= 4 is 20.8 Å². The van der Waals surface area contributed by atoms with E-state index < -0.39 is 10.0 Å². The van der Waals surface area contributed by atoms with Gasteiger partial charge in [0.05, 0.1) is 12.0 Å². The van der Waals surface area contributed by atoms with E-state index in [-0.39, 0.29) is 10.9 Å². The van der Waals surface area contributed by atoms with E-state index in [0.717, 1.165) is 25.9 Å². The van der Waals surface area contributed by atoms with Gasteiger partial charge in [-0.3, -0.25) is 4.90 Å². The van der Waals surface area contributed by atoms with Crippen molar-refractivity contribution in [3.8, 4) is 5.75 Å². The van der Waals surface area contributed by atoms with Crippen molar-refractivity contribution in [2.24, 2.45) is 0 Å². The lowest BCUT2D eigenvalue weighted by Crippen LogP contribution is -2.36. The molecule has 1 aliphatic rings. The zero-order valence-electron chi connectivity index (χ0n) is 16.5. The van der Waals surface area contributed by atoms with Gasteiger partial charge in [-0.2, -0.15) is 0 Å². The molecule has 0 spiro atoms. The standard InChI is InChI=1S/C23H26N2O3S/c1-28-19-11-13-20(14-12-19)29(26,27)24-17-23(25-15-4-5-16-25)22-10-6-8-18-7-2-3-9-21(18)22/h2-3,6-14,23-24H,4-5,15-17H2,1H3/t23-/m1/s1. The molecule has 0 saturated carbocycles. The van der Waals surface area contributed by atoms with Crippen LogP contribution in [0.25, 0.3) is 10.8 Å². The quantitative estimate of drug-likeness (QED) is 0.640. The number of fused-ring (bicyclic) bond motifs is 1. The molecule has 0 amide bonds. The van der Waals surface area contributed by atoms with Gasteiger partial charge in [-0.25, -0.2) is 13.1 Å². The van der Waals surface area contributed by atoms with Gasteiger partial charge in [-0.05, 0) is 66.5 Å². The Labute approximate surface area is 172 Å². The number of benzene rings is 3. The predicted octanol–water partition coefficient (Wildman–Crippen LogP) is 3.96. The van der Waals surface area contributed by atoms with Crippen LogP contribution in [0.1, 0.15) is 24.4 Å². The highest BCUT2D eigenvalue weighted by molar-refractivity contribution is 7.89. The van der Waals surface area contributed by atoms with Gasteiger partial charge in [0.25, 0.3) is 0 Å². The van der Waals surface area contributed by atoms with Crippen LogP contribution in [0.5, 0.6) is 5.75 Å². The van der Waals surface area contributed by atoms with Gasteiger partial charge in [-0.15, -0.1) is 0 Å². The van der Waals surface area contributed by atoms with Crippen LogP contribution >= 0.6 is 0 Å². The highest BCUT2D eigenvalue weighted by Crippen LogP contribution is 2.30. The lowest BCUT2D eigenvalue weighted by atomic mass is 9.98. The minimum Gasteiger partial charge on any atom is -0.497 e. The summed E-state index contributed by atoms with van der Waals surface area (Å²) in [5.74, 6) is 0.634. The number of sulfonamides is 1. The Morgan fingerprint density at radius 1 is 0.966 bits per heavy atom. The molecule has 152 valence electrons. The van der Waals surface area contributed by atoms with Crippen molar-refractivity contribution < 1.29 is 13.2 Å². The third kappa shape index (κ3) is 4.29. The molecule has 4 rings (SSSR count). The van der Waals surface area contributed by atoms with Crippen molar-refractivity contribution in [3.63, 3.8) is 0 Å². The van der Waals surface area contributed by atoms with Crippen molar-refractivity contribution in [1.29, 1.82) is 0 Å². The Hall–Kier alpha value is -2.41. The fraction of sp³-hybridized carbons (Fsp3) is 0.304. The Bertz CT molecular complexity index is 1070. The molecular formula is C23H26N2O3S. The summed E-state index contributed by atoms with van der Waals surface area (Å²) >= 11 is 0. The van der Waals surface area contributed by atoms with E-state index in [9.17, 15) is 8.42 Å². The summed E-state index contributed by atoms with van der Waals surface area (Å²) in [5.41, 5.74) is 1.17. The summed E-state index contributed by atoms with van der Waals surface area (Å²) in [4.78, 5) is 2.63. The molecule has 1 aliphatic heterocycles. The Morgan fingerprint density at radius 2 is 1.66 bits per heavy atom. The molecule has 0 aliphatic carbocycles. The zero-order chi connectivity index (χ0) is 20.3. The third-order valence-electron chi connectivity index (χ3n) is 5.60. The van der Waals surface area contributed by atoms with E-state index in [1.165, 1.54) is 16.3 Å². The van der Waals surface area contributed by atoms with E-state index in [0.29, 0.717) is 12.3 Å². The monoisotopic (exact) mass is 410 g/mol. The van der Waals surface area contributed by atoms with Crippen LogP contribution in [0.4, 0.5) is 0 Å². The third-order valence-corrected chi connectivity index (χ3v) is 7.04. The first-order valence-corrected chi connectivity index (χ1v) is 11.4. The molecule has 0 bridgehead atoms. The number of methoxy groups -OCH3 is 1. The maximum atomic E-state index is 12.9. The number of rotatable bonds is 7. The van der Waals surface area contributed by atoms with Crippen LogP contribution in [-0.2, 0) is 10.0 Å². The van der Waals surface area contributed by atoms with E-state index in [1.54, 1.807) is 31.4 Å². The molecule has 6 heteroatoms. The van der Waals surface area contributed by atoms with Gasteiger partial charge in [-0.1, -0.05) is 42.5 Å². The minimum atomic E-state index is -3.60. The van der Waals surface area contributed by atoms with E-state index in [2.05, 4.69) is 40.0 Å². The van der Waals surface area contributed by atoms with Crippen molar-refractivity contribution in [1.82, 2.24) is 9.62 Å². The summed E-state index contributed by atoms with van der Waals surface area (Å²) in [6.45, 7) is 2.30. The molecule has 3 aromatic carbocycles. The summed E-state index contributed by atoms with van der Waals surface area (Å²) in [6.07, 6.45) is 2.29. The number of nitrogens with zero attached hydrogens (tertiary/aromatic N) is 1. The highest BCUT2D eigenvalue weighted by atomic mass is 32.2. The second-order valence-electron chi connectivity index (χ2n) is 7.35. The molecule has 3 aromatic rings. The first kappa shape index (κ1) is 19.9. The summed E-state index contributed by atoms with van der Waals surface area (Å²) in [7, 11) is -2.04. The van der Waals surface area contributed by atoms with Gasteiger partial charge in [0.2, 0.25) is 10.0 Å². The van der Waals surface area contributed by atoms with Crippen LogP contribution in [0, 0.1) is 0 Å². The van der Waals surface area contributed by atoms with E-state index in [4.69, 9.17) is 4.74 Å². The molecule has 0 unspecified atom stereocenters. The number of hydrogen-bond donors (Lipinski definition) is 1. The predicted molar refractivity (Wildman–Crippen MR) is 116 cm³/mol.